The van der Waals surface area contributed by atoms with Crippen LogP contribution in [-0.4, -0.2) is 29.8 Å². The van der Waals surface area contributed by atoms with Gasteiger partial charge in [0.15, 0.2) is 0 Å². The molecule has 3 heteroatoms. The number of hydrogen-bond donors (Lipinski definition) is 3. The molecule has 0 amide bonds. The third kappa shape index (κ3) is 6.02. The van der Waals surface area contributed by atoms with Crippen LogP contribution in [0.1, 0.15) is 40.0 Å². The molecule has 0 aliphatic heterocycles. The molecule has 0 aromatic heterocycles. The molecule has 0 saturated heterocycles. The largest absolute Gasteiger partial charge is 0.392 e. The summed E-state index contributed by atoms with van der Waals surface area (Å²) in [5.74, 6) is 0. The Morgan fingerprint density at radius 1 is 1.38 bits per heavy atom. The van der Waals surface area contributed by atoms with Crippen LogP contribution in [-0.2, 0) is 0 Å². The zero-order valence-corrected chi connectivity index (χ0v) is 9.09. The van der Waals surface area contributed by atoms with E-state index < -0.39 is 0 Å². The average Bonchev–Trinajstić information content (AvgIpc) is 2.05. The van der Waals surface area contributed by atoms with E-state index in [4.69, 9.17) is 10.8 Å². The summed E-state index contributed by atoms with van der Waals surface area (Å²) in [6, 6.07) is 0.559. The van der Waals surface area contributed by atoms with E-state index in [2.05, 4.69) is 19.2 Å². The molecule has 0 rings (SSSR count). The quantitative estimate of drug-likeness (QED) is 0.555. The number of hydrogen-bond acceptors (Lipinski definition) is 3. The topological polar surface area (TPSA) is 58.3 Å². The zero-order valence-electron chi connectivity index (χ0n) is 9.09. The standard InChI is InChI=1S/C10H24N2O/c1-4-6-9(11)10(5-2)12-7-8(3)13/h8-10,12-13H,4-7,11H2,1-3H3. The summed E-state index contributed by atoms with van der Waals surface area (Å²) in [5.41, 5.74) is 5.98. The van der Waals surface area contributed by atoms with Gasteiger partial charge in [-0.1, -0.05) is 20.3 Å². The predicted octanol–water partition coefficient (Wildman–Crippen LogP) is 0.863. The number of aliphatic hydroxyl groups excluding tert-OH is 1. The lowest BCUT2D eigenvalue weighted by Gasteiger charge is -2.24. The van der Waals surface area contributed by atoms with Gasteiger partial charge in [-0.3, -0.25) is 0 Å². The summed E-state index contributed by atoms with van der Waals surface area (Å²) in [4.78, 5) is 0. The molecule has 80 valence electrons. The second kappa shape index (κ2) is 7.30. The van der Waals surface area contributed by atoms with Crippen LogP contribution in [0.5, 0.6) is 0 Å². The van der Waals surface area contributed by atoms with Crippen LogP contribution in [0.25, 0.3) is 0 Å². The molecule has 3 nitrogen and oxygen atoms in total. The molecule has 0 spiro atoms. The molecule has 0 aliphatic rings. The van der Waals surface area contributed by atoms with Gasteiger partial charge in [0.2, 0.25) is 0 Å². The summed E-state index contributed by atoms with van der Waals surface area (Å²) >= 11 is 0. The van der Waals surface area contributed by atoms with Crippen molar-refractivity contribution < 1.29 is 5.11 Å². The fourth-order valence-corrected chi connectivity index (χ4v) is 1.45. The SMILES string of the molecule is CCCC(N)C(CC)NCC(C)O. The van der Waals surface area contributed by atoms with E-state index in [1.54, 1.807) is 6.92 Å². The molecule has 0 heterocycles. The molecule has 0 saturated carbocycles. The summed E-state index contributed by atoms with van der Waals surface area (Å²) in [5, 5.41) is 12.4. The van der Waals surface area contributed by atoms with Crippen molar-refractivity contribution in [3.05, 3.63) is 0 Å². The fraction of sp³-hybridized carbons (Fsp3) is 1.00. The van der Waals surface area contributed by atoms with Crippen molar-refractivity contribution in [1.82, 2.24) is 5.32 Å². The molecule has 0 fully saturated rings. The summed E-state index contributed by atoms with van der Waals surface area (Å²) < 4.78 is 0. The van der Waals surface area contributed by atoms with E-state index >= 15 is 0 Å². The summed E-state index contributed by atoms with van der Waals surface area (Å²) in [7, 11) is 0. The first kappa shape index (κ1) is 12.9. The van der Waals surface area contributed by atoms with Gasteiger partial charge in [-0.15, -0.1) is 0 Å². The highest BCUT2D eigenvalue weighted by atomic mass is 16.3. The number of nitrogens with two attached hydrogens (primary N) is 1. The Balaban J connectivity index is 3.73. The molecule has 0 bridgehead atoms. The molecule has 0 aliphatic carbocycles. The first-order chi connectivity index (χ1) is 6.11. The van der Waals surface area contributed by atoms with Crippen LogP contribution in [0.4, 0.5) is 0 Å². The van der Waals surface area contributed by atoms with Gasteiger partial charge in [-0.05, 0) is 19.8 Å². The van der Waals surface area contributed by atoms with E-state index in [0.29, 0.717) is 12.6 Å². The molecule has 3 atom stereocenters. The van der Waals surface area contributed by atoms with Gasteiger partial charge in [0, 0.05) is 18.6 Å². The Morgan fingerprint density at radius 3 is 2.38 bits per heavy atom. The number of aliphatic hydroxyl groups is 1. The monoisotopic (exact) mass is 188 g/mol. The van der Waals surface area contributed by atoms with E-state index in [-0.39, 0.29) is 12.1 Å². The van der Waals surface area contributed by atoms with Gasteiger partial charge < -0.3 is 16.2 Å². The Labute approximate surface area is 81.7 Å². The van der Waals surface area contributed by atoms with Crippen molar-refractivity contribution in [3.8, 4) is 0 Å². The molecule has 4 N–H and O–H groups in total. The maximum atomic E-state index is 9.11. The molecule has 3 unspecified atom stereocenters. The third-order valence-corrected chi connectivity index (χ3v) is 2.25. The minimum absolute atomic E-state index is 0.216. The normalized spacial score (nSPS) is 18.2. The highest BCUT2D eigenvalue weighted by Gasteiger charge is 2.14. The van der Waals surface area contributed by atoms with Crippen molar-refractivity contribution in [2.24, 2.45) is 5.73 Å². The van der Waals surface area contributed by atoms with Crippen molar-refractivity contribution in [3.63, 3.8) is 0 Å². The molecule has 13 heavy (non-hydrogen) atoms. The maximum Gasteiger partial charge on any atom is 0.0636 e. The van der Waals surface area contributed by atoms with Crippen molar-refractivity contribution in [1.29, 1.82) is 0 Å². The third-order valence-electron chi connectivity index (χ3n) is 2.25. The van der Waals surface area contributed by atoms with E-state index in [9.17, 15) is 0 Å². The van der Waals surface area contributed by atoms with E-state index in [1.807, 2.05) is 0 Å². The van der Waals surface area contributed by atoms with Crippen molar-refractivity contribution in [2.45, 2.75) is 58.2 Å². The van der Waals surface area contributed by atoms with Gasteiger partial charge in [-0.25, -0.2) is 0 Å². The Hall–Kier alpha value is -0.120. The molecule has 0 radical (unpaired) electrons. The zero-order chi connectivity index (χ0) is 10.3. The summed E-state index contributed by atoms with van der Waals surface area (Å²) in [6.07, 6.45) is 2.90. The highest BCUT2D eigenvalue weighted by molar-refractivity contribution is 4.78. The Bertz CT molecular complexity index is 117. The number of rotatable bonds is 7. The van der Waals surface area contributed by atoms with Gasteiger partial charge in [0.05, 0.1) is 6.10 Å². The lowest BCUT2D eigenvalue weighted by molar-refractivity contribution is 0.182. The molecular formula is C10H24N2O. The first-order valence-electron chi connectivity index (χ1n) is 5.28. The Kier molecular flexibility index (Phi) is 7.23. The lowest BCUT2D eigenvalue weighted by atomic mass is 10.0. The Morgan fingerprint density at radius 2 is 2.00 bits per heavy atom. The second-order valence-corrected chi connectivity index (χ2v) is 3.72. The minimum atomic E-state index is -0.289. The van der Waals surface area contributed by atoms with Crippen molar-refractivity contribution >= 4 is 0 Å². The maximum absolute atomic E-state index is 9.11. The van der Waals surface area contributed by atoms with Gasteiger partial charge in [0.25, 0.3) is 0 Å². The van der Waals surface area contributed by atoms with E-state index in [0.717, 1.165) is 19.3 Å². The van der Waals surface area contributed by atoms with Gasteiger partial charge in [-0.2, -0.15) is 0 Å². The lowest BCUT2D eigenvalue weighted by Crippen LogP contribution is -2.46. The predicted molar refractivity (Wildman–Crippen MR) is 56.6 cm³/mol. The smallest absolute Gasteiger partial charge is 0.0636 e. The van der Waals surface area contributed by atoms with Crippen LogP contribution in [0.3, 0.4) is 0 Å². The molecule has 0 aromatic rings. The number of nitrogens with one attached hydrogen (secondary N) is 1. The average molecular weight is 188 g/mol. The second-order valence-electron chi connectivity index (χ2n) is 3.72. The van der Waals surface area contributed by atoms with Crippen LogP contribution in [0.2, 0.25) is 0 Å². The first-order valence-corrected chi connectivity index (χ1v) is 5.28. The van der Waals surface area contributed by atoms with Crippen LogP contribution in [0.15, 0.2) is 0 Å². The fourth-order valence-electron chi connectivity index (χ4n) is 1.45. The van der Waals surface area contributed by atoms with Gasteiger partial charge >= 0.3 is 0 Å². The molecule has 0 aromatic carbocycles. The van der Waals surface area contributed by atoms with Crippen molar-refractivity contribution in [2.75, 3.05) is 6.54 Å². The van der Waals surface area contributed by atoms with Crippen LogP contribution >= 0.6 is 0 Å². The van der Waals surface area contributed by atoms with Gasteiger partial charge in [0.1, 0.15) is 0 Å². The van der Waals surface area contributed by atoms with Crippen LogP contribution < -0.4 is 11.1 Å². The summed E-state index contributed by atoms with van der Waals surface area (Å²) in [6.45, 7) is 6.68. The minimum Gasteiger partial charge on any atom is -0.392 e. The van der Waals surface area contributed by atoms with Crippen LogP contribution in [0, 0.1) is 0 Å². The molecular weight excluding hydrogens is 164 g/mol. The highest BCUT2D eigenvalue weighted by Crippen LogP contribution is 2.03. The van der Waals surface area contributed by atoms with E-state index in [1.165, 1.54) is 0 Å².